The Morgan fingerprint density at radius 2 is 2.10 bits per heavy atom. The molecule has 0 radical (unpaired) electrons. The zero-order chi connectivity index (χ0) is 20.5. The SMILES string of the molecule is CC[C@@H]1C[C@H](OC(=O)N(C)CCN(C)C)CC1c1nnc2cnc3[nH]ccc3n12. The lowest BCUT2D eigenvalue weighted by molar-refractivity contribution is 0.0683. The van der Waals surface area contributed by atoms with Crippen molar-refractivity contribution in [2.45, 2.75) is 38.2 Å². The van der Waals surface area contributed by atoms with Crippen LogP contribution in [-0.2, 0) is 4.74 Å². The molecule has 3 aromatic heterocycles. The van der Waals surface area contributed by atoms with Crippen molar-refractivity contribution in [1.82, 2.24) is 34.4 Å². The van der Waals surface area contributed by atoms with Crippen molar-refractivity contribution in [1.29, 1.82) is 0 Å². The third-order valence-electron chi connectivity index (χ3n) is 5.94. The fourth-order valence-electron chi connectivity index (χ4n) is 4.25. The summed E-state index contributed by atoms with van der Waals surface area (Å²) in [6, 6.07) is 2.00. The van der Waals surface area contributed by atoms with Gasteiger partial charge in [-0.25, -0.2) is 9.78 Å². The summed E-state index contributed by atoms with van der Waals surface area (Å²) < 4.78 is 7.93. The summed E-state index contributed by atoms with van der Waals surface area (Å²) in [5.41, 5.74) is 2.53. The number of hydrogen-bond donors (Lipinski definition) is 1. The van der Waals surface area contributed by atoms with Crippen molar-refractivity contribution in [2.24, 2.45) is 5.92 Å². The number of aromatic amines is 1. The van der Waals surface area contributed by atoms with Crippen LogP contribution in [0.4, 0.5) is 4.79 Å². The first kappa shape index (κ1) is 19.6. The highest BCUT2D eigenvalue weighted by molar-refractivity contribution is 5.74. The van der Waals surface area contributed by atoms with Gasteiger partial charge in [0.05, 0.1) is 11.7 Å². The lowest BCUT2D eigenvalue weighted by Gasteiger charge is -2.21. The zero-order valence-corrected chi connectivity index (χ0v) is 17.5. The normalized spacial score (nSPS) is 22.0. The van der Waals surface area contributed by atoms with Crippen molar-refractivity contribution in [3.8, 4) is 0 Å². The Bertz CT molecular complexity index is 995. The molecule has 1 unspecified atom stereocenters. The first-order valence-corrected chi connectivity index (χ1v) is 10.2. The maximum absolute atomic E-state index is 12.5. The van der Waals surface area contributed by atoms with Crippen LogP contribution in [0.3, 0.4) is 0 Å². The van der Waals surface area contributed by atoms with Crippen molar-refractivity contribution >= 4 is 22.9 Å². The molecule has 1 aliphatic rings. The fourth-order valence-corrected chi connectivity index (χ4v) is 4.25. The van der Waals surface area contributed by atoms with Crippen LogP contribution in [0.1, 0.15) is 37.9 Å². The summed E-state index contributed by atoms with van der Waals surface area (Å²) in [5.74, 6) is 1.52. The predicted octanol–water partition coefficient (Wildman–Crippen LogP) is 2.51. The molecular formula is C20H29N7O2. The molecule has 1 amide bonds. The van der Waals surface area contributed by atoms with E-state index >= 15 is 0 Å². The lowest BCUT2D eigenvalue weighted by atomic mass is 9.93. The van der Waals surface area contributed by atoms with Crippen molar-refractivity contribution in [3.05, 3.63) is 24.3 Å². The number of ether oxygens (including phenoxy) is 1. The molecule has 3 aromatic rings. The average molecular weight is 399 g/mol. The summed E-state index contributed by atoms with van der Waals surface area (Å²) in [7, 11) is 5.77. The molecule has 9 nitrogen and oxygen atoms in total. The van der Waals surface area contributed by atoms with Gasteiger partial charge in [0.2, 0.25) is 0 Å². The maximum atomic E-state index is 12.5. The van der Waals surface area contributed by atoms with Crippen LogP contribution in [-0.4, -0.2) is 80.8 Å². The van der Waals surface area contributed by atoms with Gasteiger partial charge in [-0.15, -0.1) is 10.2 Å². The molecule has 1 N–H and O–H groups in total. The largest absolute Gasteiger partial charge is 0.446 e. The molecule has 0 bridgehead atoms. The van der Waals surface area contributed by atoms with Gasteiger partial charge in [0.1, 0.15) is 11.9 Å². The molecule has 1 aliphatic carbocycles. The first-order valence-electron chi connectivity index (χ1n) is 10.2. The van der Waals surface area contributed by atoms with Gasteiger partial charge in [-0.2, -0.15) is 0 Å². The molecule has 9 heteroatoms. The predicted molar refractivity (Wildman–Crippen MR) is 110 cm³/mol. The van der Waals surface area contributed by atoms with E-state index in [-0.39, 0.29) is 18.1 Å². The molecule has 1 fully saturated rings. The Hall–Kier alpha value is -2.68. The topological polar surface area (TPSA) is 91.7 Å². The number of likely N-dealkylation sites (N-methyl/N-ethyl adjacent to an activating group) is 2. The third kappa shape index (κ3) is 3.78. The van der Waals surface area contributed by atoms with E-state index in [2.05, 4.69) is 36.4 Å². The Kier molecular flexibility index (Phi) is 5.40. The quantitative estimate of drug-likeness (QED) is 0.685. The minimum atomic E-state index is -0.254. The number of nitrogens with zero attached hydrogens (tertiary/aromatic N) is 6. The number of fused-ring (bicyclic) bond motifs is 3. The van der Waals surface area contributed by atoms with Gasteiger partial charge in [-0.1, -0.05) is 13.3 Å². The van der Waals surface area contributed by atoms with E-state index in [4.69, 9.17) is 4.74 Å². The van der Waals surface area contributed by atoms with Crippen LogP contribution in [0.25, 0.3) is 16.8 Å². The second-order valence-electron chi connectivity index (χ2n) is 8.20. The standard InChI is InChI=1S/C20H29N7O2/c1-5-13-10-14(29-20(28)26(4)9-8-25(2)3)11-15(13)19-24-23-17-12-22-18-16(27(17)19)6-7-21-18/h6-7,12-15,21H,5,8-11H2,1-4H3/t13-,14+,15?/m1/s1. The summed E-state index contributed by atoms with van der Waals surface area (Å²) in [6.07, 6.45) is 5.88. The summed E-state index contributed by atoms with van der Waals surface area (Å²) >= 11 is 0. The van der Waals surface area contributed by atoms with Gasteiger partial charge in [-0.05, 0) is 38.9 Å². The van der Waals surface area contributed by atoms with E-state index in [1.807, 2.05) is 26.4 Å². The minimum absolute atomic E-state index is 0.102. The van der Waals surface area contributed by atoms with E-state index in [0.29, 0.717) is 12.5 Å². The highest BCUT2D eigenvalue weighted by atomic mass is 16.6. The van der Waals surface area contributed by atoms with Crippen molar-refractivity contribution in [3.63, 3.8) is 0 Å². The Morgan fingerprint density at radius 1 is 1.28 bits per heavy atom. The molecule has 3 heterocycles. The van der Waals surface area contributed by atoms with E-state index < -0.39 is 0 Å². The molecule has 156 valence electrons. The summed E-state index contributed by atoms with van der Waals surface area (Å²) in [4.78, 5) is 23.7. The lowest BCUT2D eigenvalue weighted by Crippen LogP contribution is -2.35. The van der Waals surface area contributed by atoms with Crippen LogP contribution in [0.2, 0.25) is 0 Å². The molecule has 3 atom stereocenters. The number of hydrogen-bond acceptors (Lipinski definition) is 6. The van der Waals surface area contributed by atoms with Gasteiger partial charge < -0.3 is 19.5 Å². The van der Waals surface area contributed by atoms with E-state index in [1.165, 1.54) is 0 Å². The Morgan fingerprint density at radius 3 is 2.86 bits per heavy atom. The molecular weight excluding hydrogens is 370 g/mol. The number of rotatable bonds is 6. The van der Waals surface area contributed by atoms with Crippen molar-refractivity contribution < 1.29 is 9.53 Å². The van der Waals surface area contributed by atoms with Crippen molar-refractivity contribution in [2.75, 3.05) is 34.2 Å². The second kappa shape index (κ2) is 7.98. The molecule has 1 saturated carbocycles. The zero-order valence-electron chi connectivity index (χ0n) is 17.5. The summed E-state index contributed by atoms with van der Waals surface area (Å²) in [6.45, 7) is 3.64. The van der Waals surface area contributed by atoms with Crippen LogP contribution in [0.15, 0.2) is 18.5 Å². The van der Waals surface area contributed by atoms with Crippen LogP contribution in [0.5, 0.6) is 0 Å². The molecule has 0 spiro atoms. The highest BCUT2D eigenvalue weighted by Crippen LogP contribution is 2.42. The second-order valence-corrected chi connectivity index (χ2v) is 8.20. The molecule has 29 heavy (non-hydrogen) atoms. The van der Waals surface area contributed by atoms with Gasteiger partial charge in [-0.3, -0.25) is 4.40 Å². The third-order valence-corrected chi connectivity index (χ3v) is 5.94. The number of carbonyl (C=O) groups excluding carboxylic acids is 1. The molecule has 4 rings (SSSR count). The fraction of sp³-hybridized carbons (Fsp3) is 0.600. The number of carbonyl (C=O) groups is 1. The average Bonchev–Trinajstić information content (AvgIpc) is 3.41. The van der Waals surface area contributed by atoms with E-state index in [9.17, 15) is 4.79 Å². The van der Waals surface area contributed by atoms with Gasteiger partial charge >= 0.3 is 6.09 Å². The smallest absolute Gasteiger partial charge is 0.409 e. The highest BCUT2D eigenvalue weighted by Gasteiger charge is 2.39. The molecule has 0 saturated heterocycles. The van der Waals surface area contributed by atoms with E-state index in [0.717, 1.165) is 48.4 Å². The number of amides is 1. The first-order chi connectivity index (χ1) is 14.0. The molecule has 0 aliphatic heterocycles. The number of aromatic nitrogens is 5. The van der Waals surface area contributed by atoms with E-state index in [1.54, 1.807) is 18.1 Å². The van der Waals surface area contributed by atoms with Crippen LogP contribution < -0.4 is 0 Å². The van der Waals surface area contributed by atoms with Crippen LogP contribution >= 0.6 is 0 Å². The number of nitrogens with one attached hydrogen (secondary N) is 1. The van der Waals surface area contributed by atoms with Gasteiger partial charge in [0.25, 0.3) is 0 Å². The molecule has 0 aromatic carbocycles. The Labute approximate surface area is 170 Å². The van der Waals surface area contributed by atoms with Gasteiger partial charge in [0, 0.05) is 32.3 Å². The Balaban J connectivity index is 1.53. The maximum Gasteiger partial charge on any atom is 0.409 e. The van der Waals surface area contributed by atoms with Crippen LogP contribution in [0, 0.1) is 5.92 Å². The van der Waals surface area contributed by atoms with Gasteiger partial charge in [0.15, 0.2) is 11.3 Å². The monoisotopic (exact) mass is 399 g/mol. The number of H-pyrrole nitrogens is 1. The minimum Gasteiger partial charge on any atom is -0.446 e. The summed E-state index contributed by atoms with van der Waals surface area (Å²) in [5, 5.41) is 8.84.